The van der Waals surface area contributed by atoms with Gasteiger partial charge in [0.05, 0.1) is 28.6 Å². The zero-order chi connectivity index (χ0) is 24.5. The summed E-state index contributed by atoms with van der Waals surface area (Å²) in [7, 11) is 0. The van der Waals surface area contributed by atoms with Crippen LogP contribution in [0.1, 0.15) is 17.4 Å². The first-order valence-electron chi connectivity index (χ1n) is 11.7. The second-order valence-corrected chi connectivity index (χ2v) is 10.0. The monoisotopic (exact) mass is 518 g/mol. The first kappa shape index (κ1) is 23.0. The van der Waals surface area contributed by atoms with E-state index in [0.29, 0.717) is 37.1 Å². The largest absolute Gasteiger partial charge is 0.455 e. The quantitative estimate of drug-likeness (QED) is 0.282. The molecule has 0 radical (unpaired) electrons. The van der Waals surface area contributed by atoms with Gasteiger partial charge in [-0.25, -0.2) is 4.98 Å². The molecule has 0 spiro atoms. The van der Waals surface area contributed by atoms with Gasteiger partial charge < -0.3 is 24.7 Å². The Hall–Kier alpha value is -3.46. The zero-order valence-corrected chi connectivity index (χ0v) is 20.8. The fraction of sp³-hybridized carbons (Fsp3) is 0.185. The molecule has 7 nitrogen and oxygen atoms in total. The van der Waals surface area contributed by atoms with Crippen molar-refractivity contribution in [3.63, 3.8) is 0 Å². The van der Waals surface area contributed by atoms with Crippen molar-refractivity contribution >= 4 is 34.7 Å². The molecule has 0 bridgehead atoms. The molecule has 9 heteroatoms. The third kappa shape index (κ3) is 4.67. The number of nitrogens with zero attached hydrogens (tertiary/aromatic N) is 2. The lowest BCUT2D eigenvalue weighted by atomic mass is 10.1. The van der Waals surface area contributed by atoms with E-state index in [-0.39, 0.29) is 11.7 Å². The third-order valence-electron chi connectivity index (χ3n) is 6.18. The Morgan fingerprint density at radius 2 is 2.03 bits per heavy atom. The van der Waals surface area contributed by atoms with Gasteiger partial charge in [-0.3, -0.25) is 4.79 Å². The first-order chi connectivity index (χ1) is 17.6. The molecule has 36 heavy (non-hydrogen) atoms. The van der Waals surface area contributed by atoms with Crippen molar-refractivity contribution in [2.24, 2.45) is 0 Å². The van der Waals surface area contributed by atoms with Crippen molar-refractivity contribution in [2.75, 3.05) is 29.9 Å². The summed E-state index contributed by atoms with van der Waals surface area (Å²) in [6, 6.07) is 21.5. The number of fused-ring (bicyclic) bond motifs is 2. The summed E-state index contributed by atoms with van der Waals surface area (Å²) < 4.78 is 12.6. The van der Waals surface area contributed by atoms with E-state index in [1.165, 1.54) is 0 Å². The highest BCUT2D eigenvalue weighted by atomic mass is 35.5. The van der Waals surface area contributed by atoms with Crippen LogP contribution in [-0.2, 0) is 11.3 Å². The van der Waals surface area contributed by atoms with E-state index in [1.54, 1.807) is 24.0 Å². The van der Waals surface area contributed by atoms with Crippen molar-refractivity contribution in [1.29, 1.82) is 0 Å². The van der Waals surface area contributed by atoms with Crippen molar-refractivity contribution in [3.8, 4) is 11.5 Å². The SMILES string of the molecule is O=c1[nH]cccc1N1CCOC(c2cccc3c2Oc2ccc(NCc4cccc(Cl)n4)cc2S3)C1. The molecule has 2 aliphatic rings. The number of ether oxygens (including phenoxy) is 2. The maximum absolute atomic E-state index is 12.3. The topological polar surface area (TPSA) is 79.5 Å². The zero-order valence-electron chi connectivity index (χ0n) is 19.2. The summed E-state index contributed by atoms with van der Waals surface area (Å²) in [6.45, 7) is 2.34. The van der Waals surface area contributed by atoms with Crippen LogP contribution < -0.4 is 20.5 Å². The highest BCUT2D eigenvalue weighted by Gasteiger charge is 2.29. The average Bonchev–Trinajstić information content (AvgIpc) is 2.91. The highest BCUT2D eigenvalue weighted by molar-refractivity contribution is 7.99. The lowest BCUT2D eigenvalue weighted by Crippen LogP contribution is -2.41. The molecule has 1 unspecified atom stereocenters. The number of para-hydroxylation sites is 1. The highest BCUT2D eigenvalue weighted by Crippen LogP contribution is 2.50. The Morgan fingerprint density at radius 3 is 2.92 bits per heavy atom. The smallest absolute Gasteiger partial charge is 0.271 e. The number of halogens is 1. The van der Waals surface area contributed by atoms with E-state index in [2.05, 4.69) is 32.3 Å². The van der Waals surface area contributed by atoms with E-state index in [9.17, 15) is 4.79 Å². The second-order valence-electron chi connectivity index (χ2n) is 8.54. The molecule has 6 rings (SSSR count). The minimum atomic E-state index is -0.207. The number of aromatic nitrogens is 2. The van der Waals surface area contributed by atoms with Crippen LogP contribution in [0.3, 0.4) is 0 Å². The average molecular weight is 519 g/mol. The normalized spacial score (nSPS) is 16.6. The molecule has 0 aliphatic carbocycles. The molecular formula is C27H23ClN4O3S. The number of aromatic amines is 1. The Kier molecular flexibility index (Phi) is 6.31. The molecule has 182 valence electrons. The maximum Gasteiger partial charge on any atom is 0.271 e. The van der Waals surface area contributed by atoms with Gasteiger partial charge >= 0.3 is 0 Å². The molecule has 1 saturated heterocycles. The Bertz CT molecular complexity index is 1480. The number of hydrogen-bond donors (Lipinski definition) is 2. The minimum Gasteiger partial charge on any atom is -0.455 e. The number of rotatable bonds is 5. The van der Waals surface area contributed by atoms with Gasteiger partial charge in [-0.2, -0.15) is 0 Å². The molecule has 2 aliphatic heterocycles. The Balaban J connectivity index is 1.21. The molecule has 2 aromatic heterocycles. The van der Waals surface area contributed by atoms with Gasteiger partial charge in [0.25, 0.3) is 5.56 Å². The third-order valence-corrected chi connectivity index (χ3v) is 7.47. The van der Waals surface area contributed by atoms with E-state index in [1.807, 2.05) is 48.5 Å². The van der Waals surface area contributed by atoms with Gasteiger partial charge in [0, 0.05) is 30.5 Å². The van der Waals surface area contributed by atoms with Gasteiger partial charge in [-0.15, -0.1) is 0 Å². The van der Waals surface area contributed by atoms with Gasteiger partial charge in [0.15, 0.2) is 0 Å². The second kappa shape index (κ2) is 9.89. The molecule has 0 saturated carbocycles. The Labute approximate surface area is 217 Å². The molecule has 4 aromatic rings. The predicted molar refractivity (Wildman–Crippen MR) is 142 cm³/mol. The lowest BCUT2D eigenvalue weighted by molar-refractivity contribution is 0.0382. The minimum absolute atomic E-state index is 0.0930. The molecule has 2 aromatic carbocycles. The number of nitrogens with one attached hydrogen (secondary N) is 2. The summed E-state index contributed by atoms with van der Waals surface area (Å²) in [5, 5.41) is 3.89. The summed E-state index contributed by atoms with van der Waals surface area (Å²) in [4.78, 5) is 23.5. The van der Waals surface area contributed by atoms with Crippen LogP contribution in [0.15, 0.2) is 87.5 Å². The fourth-order valence-electron chi connectivity index (χ4n) is 4.45. The first-order valence-corrected chi connectivity index (χ1v) is 12.9. The van der Waals surface area contributed by atoms with Gasteiger partial charge in [0.1, 0.15) is 28.4 Å². The number of anilines is 2. The molecule has 1 fully saturated rings. The molecule has 2 N–H and O–H groups in total. The Morgan fingerprint density at radius 1 is 1.11 bits per heavy atom. The van der Waals surface area contributed by atoms with Gasteiger partial charge in [0.2, 0.25) is 0 Å². The van der Waals surface area contributed by atoms with Crippen molar-refractivity contribution < 1.29 is 9.47 Å². The van der Waals surface area contributed by atoms with Crippen LogP contribution in [0.25, 0.3) is 0 Å². The van der Waals surface area contributed by atoms with Crippen LogP contribution >= 0.6 is 23.4 Å². The number of H-pyrrole nitrogens is 1. The number of morpholine rings is 1. The molecule has 1 atom stereocenters. The summed E-state index contributed by atoms with van der Waals surface area (Å²) in [5.41, 5.74) is 3.40. The number of benzene rings is 2. The lowest BCUT2D eigenvalue weighted by Gasteiger charge is -2.35. The molecule has 0 amide bonds. The van der Waals surface area contributed by atoms with E-state index in [0.717, 1.165) is 38.2 Å². The van der Waals surface area contributed by atoms with E-state index < -0.39 is 0 Å². The summed E-state index contributed by atoms with van der Waals surface area (Å²) >= 11 is 7.67. The van der Waals surface area contributed by atoms with Gasteiger partial charge in [-0.1, -0.05) is 41.6 Å². The predicted octanol–water partition coefficient (Wildman–Crippen LogP) is 5.87. The van der Waals surface area contributed by atoms with Crippen LogP contribution in [0, 0.1) is 0 Å². The summed E-state index contributed by atoms with van der Waals surface area (Å²) in [5.74, 6) is 1.62. The van der Waals surface area contributed by atoms with Crippen molar-refractivity contribution in [1.82, 2.24) is 9.97 Å². The van der Waals surface area contributed by atoms with E-state index >= 15 is 0 Å². The molecular weight excluding hydrogens is 496 g/mol. The molecule has 4 heterocycles. The van der Waals surface area contributed by atoms with Crippen LogP contribution in [0.5, 0.6) is 11.5 Å². The van der Waals surface area contributed by atoms with Gasteiger partial charge in [-0.05, 0) is 48.5 Å². The van der Waals surface area contributed by atoms with E-state index in [4.69, 9.17) is 21.1 Å². The fourth-order valence-corrected chi connectivity index (χ4v) is 5.66. The van der Waals surface area contributed by atoms with Crippen LogP contribution in [0.4, 0.5) is 11.4 Å². The maximum atomic E-state index is 12.3. The van der Waals surface area contributed by atoms with Crippen molar-refractivity contribution in [2.45, 2.75) is 22.4 Å². The van der Waals surface area contributed by atoms with Crippen molar-refractivity contribution in [3.05, 3.63) is 99.7 Å². The number of pyridine rings is 2. The van der Waals surface area contributed by atoms with Crippen LogP contribution in [-0.4, -0.2) is 29.7 Å². The summed E-state index contributed by atoms with van der Waals surface area (Å²) in [6.07, 6.45) is 1.44. The van der Waals surface area contributed by atoms with Crippen LogP contribution in [0.2, 0.25) is 5.15 Å². The number of hydrogen-bond acceptors (Lipinski definition) is 7. The standard InChI is InChI=1S/C27H23ClN4O3S/c28-25-8-1-4-18(31-25)15-30-17-9-10-21-24(14-17)36-23-7-2-5-19(26(23)35-21)22-16-32(12-13-34-22)20-6-3-11-29-27(20)33/h1-11,14,22,30H,12-13,15-16H2,(H,29,33).